The maximum Gasteiger partial charge on any atom is 0.573 e. The molecule has 1 atom stereocenters. The number of nitrogens with zero attached hydrogens (tertiary/aromatic N) is 1. The highest BCUT2D eigenvalue weighted by atomic mass is 35.5. The Balaban J connectivity index is 1.45. The summed E-state index contributed by atoms with van der Waals surface area (Å²) < 4.78 is 42.8. The summed E-state index contributed by atoms with van der Waals surface area (Å²) in [5.74, 6) is -0.813. The lowest BCUT2D eigenvalue weighted by Crippen LogP contribution is -2.52. The van der Waals surface area contributed by atoms with E-state index in [4.69, 9.17) is 11.6 Å². The van der Waals surface area contributed by atoms with Gasteiger partial charge in [-0.25, -0.2) is 0 Å². The number of carbonyl (C=O) groups excluding carboxylic acids is 2. The van der Waals surface area contributed by atoms with Crippen molar-refractivity contribution in [2.45, 2.75) is 45.0 Å². The van der Waals surface area contributed by atoms with Crippen LogP contribution in [0.4, 0.5) is 13.2 Å². The molecule has 3 aromatic rings. The summed E-state index contributed by atoms with van der Waals surface area (Å²) in [5.41, 5.74) is 2.01. The minimum Gasteiger partial charge on any atom is -0.405 e. The smallest absolute Gasteiger partial charge is 0.405 e. The number of benzene rings is 3. The lowest BCUT2D eigenvalue weighted by molar-refractivity contribution is -0.274. The van der Waals surface area contributed by atoms with Crippen LogP contribution >= 0.6 is 11.6 Å². The molecule has 206 valence electrons. The predicted molar refractivity (Wildman–Crippen MR) is 145 cm³/mol. The highest BCUT2D eigenvalue weighted by Crippen LogP contribution is 2.34. The summed E-state index contributed by atoms with van der Waals surface area (Å²) in [6.45, 7) is 4.89. The van der Waals surface area contributed by atoms with Crippen molar-refractivity contribution in [3.05, 3.63) is 88.9 Å². The number of halogens is 4. The van der Waals surface area contributed by atoms with E-state index in [2.05, 4.69) is 10.1 Å². The third-order valence-electron chi connectivity index (χ3n) is 6.92. The summed E-state index contributed by atoms with van der Waals surface area (Å²) in [7, 11) is 0. The van der Waals surface area contributed by atoms with E-state index in [1.165, 1.54) is 29.8 Å². The topological polar surface area (TPSA) is 58.6 Å². The number of para-hydroxylation sites is 1. The Kier molecular flexibility index (Phi) is 8.85. The number of carbonyl (C=O) groups is 2. The molecule has 1 heterocycles. The number of piperidine rings is 1. The number of amides is 2. The molecule has 0 spiro atoms. The summed E-state index contributed by atoms with van der Waals surface area (Å²) >= 11 is 6.00. The van der Waals surface area contributed by atoms with E-state index in [0.29, 0.717) is 29.6 Å². The maximum absolute atomic E-state index is 13.4. The molecule has 1 N–H and O–H groups in total. The molecular weight excluding hydrogens is 529 g/mol. The van der Waals surface area contributed by atoms with Crippen molar-refractivity contribution in [1.29, 1.82) is 0 Å². The fraction of sp³-hybridized carbons (Fsp3) is 0.333. The van der Waals surface area contributed by atoms with E-state index < -0.39 is 18.3 Å². The molecular formula is C30H30ClF3N2O3. The number of alkyl halides is 3. The molecule has 1 saturated heterocycles. The lowest BCUT2D eigenvalue weighted by atomic mass is 9.89. The summed E-state index contributed by atoms with van der Waals surface area (Å²) in [6.07, 6.45) is -3.22. The van der Waals surface area contributed by atoms with Gasteiger partial charge in [0.1, 0.15) is 11.8 Å². The van der Waals surface area contributed by atoms with Crippen molar-refractivity contribution >= 4 is 23.4 Å². The monoisotopic (exact) mass is 558 g/mol. The quantitative estimate of drug-likeness (QED) is 0.337. The largest absolute Gasteiger partial charge is 0.573 e. The van der Waals surface area contributed by atoms with E-state index in [9.17, 15) is 22.8 Å². The van der Waals surface area contributed by atoms with E-state index in [1.807, 2.05) is 38.1 Å². The second-order valence-electron chi connectivity index (χ2n) is 9.97. The molecule has 1 fully saturated rings. The number of rotatable bonds is 7. The fourth-order valence-corrected chi connectivity index (χ4v) is 4.98. The first-order chi connectivity index (χ1) is 18.5. The highest BCUT2D eigenvalue weighted by Gasteiger charge is 2.33. The van der Waals surface area contributed by atoms with Gasteiger partial charge in [-0.2, -0.15) is 0 Å². The molecule has 0 unspecified atom stereocenters. The second kappa shape index (κ2) is 12.1. The van der Waals surface area contributed by atoms with E-state index >= 15 is 0 Å². The maximum atomic E-state index is 13.4. The number of hydrogen-bond acceptors (Lipinski definition) is 3. The SMILES string of the molecule is CC(C)[C@@H](NC(=O)c1cccc(-c2ccccc2OC(F)(F)F)c1)C(=O)N1CCC(c2ccc(Cl)cc2)CC1. The predicted octanol–water partition coefficient (Wildman–Crippen LogP) is 7.07. The average molecular weight is 559 g/mol. The van der Waals surface area contributed by atoms with Crippen LogP contribution in [0.5, 0.6) is 5.75 Å². The first-order valence-electron chi connectivity index (χ1n) is 12.8. The third kappa shape index (κ3) is 7.32. The molecule has 0 radical (unpaired) electrons. The van der Waals surface area contributed by atoms with Gasteiger partial charge in [-0.15, -0.1) is 13.2 Å². The molecule has 0 bridgehead atoms. The Morgan fingerprint density at radius 3 is 2.28 bits per heavy atom. The van der Waals surface area contributed by atoms with Crippen molar-refractivity contribution < 1.29 is 27.5 Å². The molecule has 2 amide bonds. The Labute approximate surface area is 230 Å². The van der Waals surface area contributed by atoms with Gasteiger partial charge in [0.2, 0.25) is 5.91 Å². The summed E-state index contributed by atoms with van der Waals surface area (Å²) in [4.78, 5) is 28.4. The standard InChI is InChI=1S/C30H30ClF3N2O3/c1-19(2)27(29(38)36-16-14-21(15-17-36)20-10-12-24(31)13-11-20)35-28(37)23-7-5-6-22(18-23)25-8-3-4-9-26(25)39-30(32,33)34/h3-13,18-19,21,27H,14-17H2,1-2H3,(H,35,37)/t27-/m1/s1. The molecule has 3 aromatic carbocycles. The van der Waals surface area contributed by atoms with Crippen LogP contribution in [0.3, 0.4) is 0 Å². The highest BCUT2D eigenvalue weighted by molar-refractivity contribution is 6.30. The Morgan fingerprint density at radius 1 is 0.974 bits per heavy atom. The summed E-state index contributed by atoms with van der Waals surface area (Å²) in [6, 6.07) is 19.0. The van der Waals surface area contributed by atoms with Crippen LogP contribution in [0.1, 0.15) is 48.5 Å². The van der Waals surface area contributed by atoms with Crippen molar-refractivity contribution in [1.82, 2.24) is 10.2 Å². The van der Waals surface area contributed by atoms with Gasteiger partial charge in [-0.3, -0.25) is 9.59 Å². The van der Waals surface area contributed by atoms with Crippen LogP contribution in [0.25, 0.3) is 11.1 Å². The van der Waals surface area contributed by atoms with Crippen LogP contribution in [0.15, 0.2) is 72.8 Å². The van der Waals surface area contributed by atoms with Crippen LogP contribution in [-0.2, 0) is 4.79 Å². The van der Waals surface area contributed by atoms with Crippen LogP contribution < -0.4 is 10.1 Å². The zero-order valence-corrected chi connectivity index (χ0v) is 22.4. The molecule has 5 nitrogen and oxygen atoms in total. The molecule has 1 aliphatic rings. The first kappa shape index (κ1) is 28.5. The normalized spacial score (nSPS) is 15.2. The van der Waals surface area contributed by atoms with Gasteiger partial charge in [0.05, 0.1) is 0 Å². The van der Waals surface area contributed by atoms with Crippen LogP contribution in [0, 0.1) is 5.92 Å². The molecule has 1 aliphatic heterocycles. The van der Waals surface area contributed by atoms with Crippen molar-refractivity contribution in [3.8, 4) is 16.9 Å². The van der Waals surface area contributed by atoms with Gasteiger partial charge in [0, 0.05) is 29.2 Å². The molecule has 0 saturated carbocycles. The van der Waals surface area contributed by atoms with E-state index in [-0.39, 0.29) is 28.7 Å². The van der Waals surface area contributed by atoms with E-state index in [0.717, 1.165) is 12.8 Å². The van der Waals surface area contributed by atoms with E-state index in [1.54, 1.807) is 29.2 Å². The van der Waals surface area contributed by atoms with Gasteiger partial charge in [0.25, 0.3) is 5.91 Å². The fourth-order valence-electron chi connectivity index (χ4n) is 4.85. The third-order valence-corrected chi connectivity index (χ3v) is 7.17. The second-order valence-corrected chi connectivity index (χ2v) is 10.4. The Bertz CT molecular complexity index is 1300. The number of nitrogens with one attached hydrogen (secondary N) is 1. The van der Waals surface area contributed by atoms with Gasteiger partial charge in [-0.1, -0.05) is 67.9 Å². The van der Waals surface area contributed by atoms with Gasteiger partial charge in [0.15, 0.2) is 0 Å². The number of likely N-dealkylation sites (tertiary alicyclic amines) is 1. The average Bonchev–Trinajstić information content (AvgIpc) is 2.91. The zero-order valence-electron chi connectivity index (χ0n) is 21.7. The Morgan fingerprint density at radius 2 is 1.64 bits per heavy atom. The Hall–Kier alpha value is -3.52. The van der Waals surface area contributed by atoms with Gasteiger partial charge >= 0.3 is 6.36 Å². The van der Waals surface area contributed by atoms with Crippen molar-refractivity contribution in [3.63, 3.8) is 0 Å². The molecule has 0 aromatic heterocycles. The zero-order chi connectivity index (χ0) is 28.2. The minimum absolute atomic E-state index is 0.145. The number of hydrogen-bond donors (Lipinski definition) is 1. The van der Waals surface area contributed by atoms with Gasteiger partial charge < -0.3 is 15.0 Å². The molecule has 4 rings (SSSR count). The molecule has 0 aliphatic carbocycles. The number of ether oxygens (including phenoxy) is 1. The summed E-state index contributed by atoms with van der Waals surface area (Å²) in [5, 5.41) is 3.54. The first-order valence-corrected chi connectivity index (χ1v) is 13.2. The van der Waals surface area contributed by atoms with Crippen LogP contribution in [0.2, 0.25) is 5.02 Å². The van der Waals surface area contributed by atoms with Gasteiger partial charge in [-0.05, 0) is 66.1 Å². The van der Waals surface area contributed by atoms with Crippen molar-refractivity contribution in [2.24, 2.45) is 5.92 Å². The van der Waals surface area contributed by atoms with Crippen molar-refractivity contribution in [2.75, 3.05) is 13.1 Å². The molecule has 39 heavy (non-hydrogen) atoms. The van der Waals surface area contributed by atoms with Crippen LogP contribution in [-0.4, -0.2) is 42.2 Å². The molecule has 9 heteroatoms. The minimum atomic E-state index is -4.85. The lowest BCUT2D eigenvalue weighted by Gasteiger charge is -2.35.